The quantitative estimate of drug-likeness (QED) is 0.709. The molecule has 1 aromatic heterocycles. The predicted molar refractivity (Wildman–Crippen MR) is 29.9 cm³/mol. The Labute approximate surface area is 60.8 Å². The SMILES string of the molecule is CC(O)c1noc(C(F)F)n1. The third kappa shape index (κ3) is 1.70. The van der Waals surface area contributed by atoms with Gasteiger partial charge >= 0.3 is 6.43 Å². The van der Waals surface area contributed by atoms with Crippen LogP contribution in [0.4, 0.5) is 8.78 Å². The molecule has 0 aliphatic rings. The molecule has 1 aromatic rings. The van der Waals surface area contributed by atoms with Crippen molar-refractivity contribution in [3.63, 3.8) is 0 Å². The Balaban J connectivity index is 2.82. The molecule has 1 rings (SSSR count). The minimum Gasteiger partial charge on any atom is -0.385 e. The van der Waals surface area contributed by atoms with Gasteiger partial charge in [0.1, 0.15) is 6.10 Å². The molecule has 0 saturated heterocycles. The van der Waals surface area contributed by atoms with Crippen molar-refractivity contribution in [3.8, 4) is 0 Å². The van der Waals surface area contributed by atoms with E-state index < -0.39 is 18.4 Å². The molecule has 0 spiro atoms. The summed E-state index contributed by atoms with van der Waals surface area (Å²) >= 11 is 0. The van der Waals surface area contributed by atoms with Crippen LogP contribution >= 0.6 is 0 Å². The van der Waals surface area contributed by atoms with Crippen molar-refractivity contribution < 1.29 is 18.4 Å². The fraction of sp³-hybridized carbons (Fsp3) is 0.600. The smallest absolute Gasteiger partial charge is 0.315 e. The number of rotatable bonds is 2. The summed E-state index contributed by atoms with van der Waals surface area (Å²) in [7, 11) is 0. The number of hydrogen-bond donors (Lipinski definition) is 1. The molecule has 0 fully saturated rings. The van der Waals surface area contributed by atoms with Crippen molar-refractivity contribution in [1.29, 1.82) is 0 Å². The standard InChI is InChI=1S/C5H6F2N2O2/c1-2(10)4-8-5(3(6)7)11-9-4/h2-3,10H,1H3. The summed E-state index contributed by atoms with van der Waals surface area (Å²) in [6.45, 7) is 1.36. The zero-order chi connectivity index (χ0) is 8.43. The van der Waals surface area contributed by atoms with Gasteiger partial charge in [-0.2, -0.15) is 13.8 Å². The van der Waals surface area contributed by atoms with Gasteiger partial charge in [-0.25, -0.2) is 0 Å². The number of aliphatic hydroxyl groups is 1. The Morgan fingerprint density at radius 3 is 2.45 bits per heavy atom. The lowest BCUT2D eigenvalue weighted by Crippen LogP contribution is -1.93. The van der Waals surface area contributed by atoms with Crippen molar-refractivity contribution in [2.24, 2.45) is 0 Å². The van der Waals surface area contributed by atoms with E-state index in [0.717, 1.165) is 0 Å². The lowest BCUT2D eigenvalue weighted by molar-refractivity contribution is 0.106. The molecule has 0 bridgehead atoms. The third-order valence-electron chi connectivity index (χ3n) is 1.02. The van der Waals surface area contributed by atoms with Crippen molar-refractivity contribution in [3.05, 3.63) is 11.7 Å². The largest absolute Gasteiger partial charge is 0.385 e. The summed E-state index contributed by atoms with van der Waals surface area (Å²) < 4.78 is 27.6. The maximum Gasteiger partial charge on any atom is 0.315 e. The maximum atomic E-state index is 11.8. The first-order chi connectivity index (χ1) is 5.11. The van der Waals surface area contributed by atoms with Crippen LogP contribution in [0.5, 0.6) is 0 Å². The molecule has 0 aliphatic carbocycles. The van der Waals surface area contributed by atoms with Crippen molar-refractivity contribution in [1.82, 2.24) is 10.1 Å². The van der Waals surface area contributed by atoms with Crippen LogP contribution in [0.3, 0.4) is 0 Å². The molecule has 1 unspecified atom stereocenters. The van der Waals surface area contributed by atoms with E-state index in [4.69, 9.17) is 5.11 Å². The number of alkyl halides is 2. The molecule has 1 atom stereocenters. The highest BCUT2D eigenvalue weighted by Gasteiger charge is 2.17. The lowest BCUT2D eigenvalue weighted by Gasteiger charge is -1.91. The summed E-state index contributed by atoms with van der Waals surface area (Å²) in [5, 5.41) is 11.9. The Kier molecular flexibility index (Phi) is 2.13. The van der Waals surface area contributed by atoms with Crippen LogP contribution in [-0.4, -0.2) is 15.2 Å². The van der Waals surface area contributed by atoms with Gasteiger partial charge in [-0.15, -0.1) is 0 Å². The van der Waals surface area contributed by atoms with Gasteiger partial charge in [0, 0.05) is 0 Å². The number of hydrogen-bond acceptors (Lipinski definition) is 4. The minimum absolute atomic E-state index is 0.125. The molecular weight excluding hydrogens is 158 g/mol. The first kappa shape index (κ1) is 8.06. The highest BCUT2D eigenvalue weighted by molar-refractivity contribution is 4.89. The number of halogens is 2. The zero-order valence-corrected chi connectivity index (χ0v) is 5.66. The summed E-state index contributed by atoms with van der Waals surface area (Å²) in [5.74, 6) is -0.888. The van der Waals surface area contributed by atoms with E-state index in [-0.39, 0.29) is 5.82 Å². The second-order valence-corrected chi connectivity index (χ2v) is 1.97. The van der Waals surface area contributed by atoms with Crippen molar-refractivity contribution in [2.75, 3.05) is 0 Å². The monoisotopic (exact) mass is 164 g/mol. The van der Waals surface area contributed by atoms with Gasteiger partial charge in [0.25, 0.3) is 5.89 Å². The predicted octanol–water partition coefficient (Wildman–Crippen LogP) is 1.06. The second-order valence-electron chi connectivity index (χ2n) is 1.97. The molecule has 0 aliphatic heterocycles. The van der Waals surface area contributed by atoms with E-state index in [1.165, 1.54) is 6.92 Å². The van der Waals surface area contributed by atoms with E-state index in [1.807, 2.05) is 0 Å². The first-order valence-electron chi connectivity index (χ1n) is 2.91. The van der Waals surface area contributed by atoms with Crippen LogP contribution in [0.2, 0.25) is 0 Å². The fourth-order valence-corrected chi connectivity index (χ4v) is 0.506. The average Bonchev–Trinajstić information content (AvgIpc) is 2.33. The van der Waals surface area contributed by atoms with Crippen LogP contribution in [0, 0.1) is 0 Å². The average molecular weight is 164 g/mol. The topological polar surface area (TPSA) is 59.2 Å². The molecule has 1 N–H and O–H groups in total. The maximum absolute atomic E-state index is 11.8. The summed E-state index contributed by atoms with van der Waals surface area (Å²) in [4.78, 5) is 3.23. The molecule has 11 heavy (non-hydrogen) atoms. The fourth-order valence-electron chi connectivity index (χ4n) is 0.506. The van der Waals surface area contributed by atoms with Crippen molar-refractivity contribution in [2.45, 2.75) is 19.5 Å². The van der Waals surface area contributed by atoms with Gasteiger partial charge in [-0.3, -0.25) is 0 Å². The highest BCUT2D eigenvalue weighted by Crippen LogP contribution is 2.17. The Morgan fingerprint density at radius 1 is 1.55 bits per heavy atom. The molecule has 0 saturated carbocycles. The van der Waals surface area contributed by atoms with Crippen LogP contribution < -0.4 is 0 Å². The van der Waals surface area contributed by atoms with Crippen LogP contribution in [0.1, 0.15) is 31.2 Å². The summed E-state index contributed by atoms with van der Waals surface area (Å²) in [5.41, 5.74) is 0. The third-order valence-corrected chi connectivity index (χ3v) is 1.02. The molecule has 4 nitrogen and oxygen atoms in total. The molecule has 0 amide bonds. The molecule has 1 heterocycles. The van der Waals surface area contributed by atoms with Gasteiger partial charge in [0.05, 0.1) is 0 Å². The first-order valence-corrected chi connectivity index (χ1v) is 2.91. The Bertz CT molecular complexity index is 214. The molecule has 62 valence electrons. The van der Waals surface area contributed by atoms with Gasteiger partial charge < -0.3 is 9.63 Å². The van der Waals surface area contributed by atoms with E-state index in [0.29, 0.717) is 0 Å². The van der Waals surface area contributed by atoms with Crippen LogP contribution in [-0.2, 0) is 0 Å². The molecule has 0 aromatic carbocycles. The van der Waals surface area contributed by atoms with Gasteiger partial charge in [-0.1, -0.05) is 5.16 Å². The summed E-state index contributed by atoms with van der Waals surface area (Å²) in [6.07, 6.45) is -3.76. The Hall–Kier alpha value is -1.04. The molecular formula is C5H6F2N2O2. The normalized spacial score (nSPS) is 13.9. The number of aliphatic hydroxyl groups excluding tert-OH is 1. The van der Waals surface area contributed by atoms with Gasteiger partial charge in [0.15, 0.2) is 5.82 Å². The number of aromatic nitrogens is 2. The molecule has 6 heteroatoms. The molecule has 0 radical (unpaired) electrons. The van der Waals surface area contributed by atoms with E-state index in [9.17, 15) is 8.78 Å². The lowest BCUT2D eigenvalue weighted by atomic mass is 10.4. The second kappa shape index (κ2) is 2.91. The Morgan fingerprint density at radius 2 is 2.18 bits per heavy atom. The summed E-state index contributed by atoms with van der Waals surface area (Å²) in [6, 6.07) is 0. The van der Waals surface area contributed by atoms with Crippen LogP contribution in [0.15, 0.2) is 4.52 Å². The highest BCUT2D eigenvalue weighted by atomic mass is 19.3. The van der Waals surface area contributed by atoms with E-state index in [2.05, 4.69) is 14.7 Å². The van der Waals surface area contributed by atoms with E-state index >= 15 is 0 Å². The van der Waals surface area contributed by atoms with Gasteiger partial charge in [0.2, 0.25) is 0 Å². The van der Waals surface area contributed by atoms with E-state index in [1.54, 1.807) is 0 Å². The van der Waals surface area contributed by atoms with Gasteiger partial charge in [-0.05, 0) is 6.92 Å². The zero-order valence-electron chi connectivity index (χ0n) is 5.66. The van der Waals surface area contributed by atoms with Crippen LogP contribution in [0.25, 0.3) is 0 Å². The number of nitrogens with zero attached hydrogens (tertiary/aromatic N) is 2. The van der Waals surface area contributed by atoms with Crippen molar-refractivity contribution >= 4 is 0 Å². The minimum atomic E-state index is -2.78.